The van der Waals surface area contributed by atoms with Gasteiger partial charge in [0.15, 0.2) is 0 Å². The van der Waals surface area contributed by atoms with E-state index in [0.29, 0.717) is 27.2 Å². The number of carbonyl (C=O) groups is 4. The van der Waals surface area contributed by atoms with Gasteiger partial charge in [-0.15, -0.1) is 0 Å². The van der Waals surface area contributed by atoms with E-state index in [-0.39, 0.29) is 45.1 Å². The zero-order chi connectivity index (χ0) is 34.0. The molecule has 2 fully saturated rings. The molecular weight excluding hydrogens is 706 g/mol. The summed E-state index contributed by atoms with van der Waals surface area (Å²) in [7, 11) is 1.50. The first-order valence-corrected chi connectivity index (χ1v) is 17.1. The van der Waals surface area contributed by atoms with E-state index in [1.807, 2.05) is 12.1 Å². The predicted molar refractivity (Wildman–Crippen MR) is 180 cm³/mol. The Bertz CT molecular complexity index is 1620. The molecule has 2 aromatic rings. The van der Waals surface area contributed by atoms with Gasteiger partial charge in [-0.2, -0.15) is 0 Å². The number of nitrogens with zero attached hydrogens (tertiary/aromatic N) is 2. The number of halogens is 2. The van der Waals surface area contributed by atoms with Gasteiger partial charge in [0, 0.05) is 37.7 Å². The highest BCUT2D eigenvalue weighted by molar-refractivity contribution is 9.11. The average Bonchev–Trinajstić information content (AvgIpc) is 3.67. The van der Waals surface area contributed by atoms with Crippen molar-refractivity contribution in [3.63, 3.8) is 0 Å². The lowest BCUT2D eigenvalue weighted by Crippen LogP contribution is -2.56. The molecule has 0 unspecified atom stereocenters. The van der Waals surface area contributed by atoms with E-state index < -0.39 is 59.5 Å². The molecule has 0 aromatic heterocycles. The normalized spacial score (nSPS) is 31.4. The first-order chi connectivity index (χ1) is 23.2. The van der Waals surface area contributed by atoms with Crippen molar-refractivity contribution in [3.05, 3.63) is 87.9 Å². The van der Waals surface area contributed by atoms with E-state index in [1.165, 1.54) is 16.9 Å². The lowest BCUT2D eigenvalue weighted by Gasteiger charge is -2.36. The fraction of sp³-hybridized carbons (Fsp3) is 0.429. The Kier molecular flexibility index (Phi) is 10.4. The molecule has 2 aromatic carbocycles. The number of ether oxygens (including phenoxy) is 3. The fourth-order valence-corrected chi connectivity index (χ4v) is 8.25. The van der Waals surface area contributed by atoms with Gasteiger partial charge in [-0.1, -0.05) is 82.1 Å². The van der Waals surface area contributed by atoms with E-state index in [0.717, 1.165) is 0 Å². The molecule has 0 saturated carbocycles. The fourth-order valence-electron chi connectivity index (χ4n) is 7.28. The molecule has 1 spiro atoms. The molecule has 5 bridgehead atoms. The summed E-state index contributed by atoms with van der Waals surface area (Å²) >= 11 is 10.2. The van der Waals surface area contributed by atoms with Crippen molar-refractivity contribution in [3.8, 4) is 0 Å². The highest BCUT2D eigenvalue weighted by Crippen LogP contribution is 2.59. The highest BCUT2D eigenvalue weighted by Gasteiger charge is 2.75. The van der Waals surface area contributed by atoms with Crippen LogP contribution in [0.4, 0.5) is 5.69 Å². The molecule has 0 aliphatic carbocycles. The van der Waals surface area contributed by atoms with Crippen LogP contribution in [0.3, 0.4) is 0 Å². The van der Waals surface area contributed by atoms with E-state index in [2.05, 4.69) is 21.2 Å². The van der Waals surface area contributed by atoms with Gasteiger partial charge in [0.25, 0.3) is 5.91 Å². The highest BCUT2D eigenvalue weighted by atomic mass is 79.9. The number of aliphatic hydroxyl groups is 1. The number of cyclic esters (lactones) is 1. The second kappa shape index (κ2) is 14.5. The molecule has 254 valence electrons. The smallest absolute Gasteiger partial charge is 0.313 e. The SMILES string of the molecule is COC[C@H]1NC(=O)CC/C=C\CN(c2ccccc2Cl)C(=O)[C@@H]2N(CCCO)C(=O)[C@H]3[C@H](C(=O)O[C@@H]1c1ccccc1)[C@H]1O[C@@]23C=C1Br. The number of rotatable bonds is 7. The van der Waals surface area contributed by atoms with Crippen LogP contribution in [0.15, 0.2) is 77.3 Å². The number of hydrogen-bond donors (Lipinski definition) is 2. The van der Waals surface area contributed by atoms with Gasteiger partial charge in [0.1, 0.15) is 29.8 Å². The van der Waals surface area contributed by atoms with Crippen molar-refractivity contribution < 1.29 is 38.5 Å². The minimum atomic E-state index is -1.50. The molecule has 4 heterocycles. The van der Waals surface area contributed by atoms with Crippen LogP contribution < -0.4 is 10.2 Å². The number of allylic oxidation sites excluding steroid dienone is 1. The Morgan fingerprint density at radius 2 is 1.79 bits per heavy atom. The second-order valence-corrected chi connectivity index (χ2v) is 13.6. The molecule has 7 atom stereocenters. The number of esters is 1. The van der Waals surface area contributed by atoms with Gasteiger partial charge in [-0.25, -0.2) is 0 Å². The molecule has 48 heavy (non-hydrogen) atoms. The number of anilines is 1. The Morgan fingerprint density at radius 3 is 2.52 bits per heavy atom. The third-order valence-electron chi connectivity index (χ3n) is 9.32. The molecule has 4 aliphatic heterocycles. The maximum absolute atomic E-state index is 14.8. The minimum absolute atomic E-state index is 0.0488. The Morgan fingerprint density at radius 1 is 1.04 bits per heavy atom. The van der Waals surface area contributed by atoms with Crippen molar-refractivity contribution in [1.29, 1.82) is 0 Å². The molecule has 13 heteroatoms. The van der Waals surface area contributed by atoms with Crippen LogP contribution in [0.5, 0.6) is 0 Å². The van der Waals surface area contributed by atoms with Crippen LogP contribution in [-0.4, -0.2) is 90.9 Å². The zero-order valence-electron chi connectivity index (χ0n) is 26.3. The maximum atomic E-state index is 14.8. The second-order valence-electron chi connectivity index (χ2n) is 12.2. The third-order valence-corrected chi connectivity index (χ3v) is 10.3. The lowest BCUT2D eigenvalue weighted by atomic mass is 9.74. The number of fused-ring (bicyclic) bond motifs is 2. The Labute approximate surface area is 292 Å². The summed E-state index contributed by atoms with van der Waals surface area (Å²) < 4.78 is 18.8. The Hall–Kier alpha value is -3.55. The molecule has 2 saturated heterocycles. The summed E-state index contributed by atoms with van der Waals surface area (Å²) in [6.07, 6.45) is 4.19. The quantitative estimate of drug-likeness (QED) is 0.324. The molecule has 4 aliphatic rings. The number of amides is 3. The molecular formula is C35H37BrClN3O8. The van der Waals surface area contributed by atoms with Gasteiger partial charge in [0.2, 0.25) is 11.8 Å². The number of carbonyl (C=O) groups excluding carboxylic acids is 4. The summed E-state index contributed by atoms with van der Waals surface area (Å²) in [4.78, 5) is 59.7. The number of para-hydroxylation sites is 1. The van der Waals surface area contributed by atoms with Crippen LogP contribution in [-0.2, 0) is 33.4 Å². The Balaban J connectivity index is 1.48. The van der Waals surface area contributed by atoms with Crippen LogP contribution in [0.1, 0.15) is 30.9 Å². The zero-order valence-corrected chi connectivity index (χ0v) is 28.6. The summed E-state index contributed by atoms with van der Waals surface area (Å²) in [5.74, 6) is -4.09. The van der Waals surface area contributed by atoms with Crippen LogP contribution >= 0.6 is 27.5 Å². The van der Waals surface area contributed by atoms with Crippen molar-refractivity contribution in [2.75, 3.05) is 38.3 Å². The van der Waals surface area contributed by atoms with Crippen LogP contribution in [0.2, 0.25) is 5.02 Å². The van der Waals surface area contributed by atoms with Gasteiger partial charge < -0.3 is 34.4 Å². The number of methoxy groups -OCH3 is 1. The van der Waals surface area contributed by atoms with Crippen molar-refractivity contribution in [1.82, 2.24) is 10.2 Å². The number of hydrogen-bond acceptors (Lipinski definition) is 8. The molecule has 11 nitrogen and oxygen atoms in total. The maximum Gasteiger partial charge on any atom is 0.313 e. The first kappa shape index (κ1) is 34.3. The van der Waals surface area contributed by atoms with Gasteiger partial charge in [0.05, 0.1) is 29.3 Å². The van der Waals surface area contributed by atoms with Crippen molar-refractivity contribution in [2.45, 2.75) is 49.2 Å². The topological polar surface area (TPSA) is 135 Å². The summed E-state index contributed by atoms with van der Waals surface area (Å²) in [5.41, 5.74) is -0.445. The number of benzene rings is 2. The van der Waals surface area contributed by atoms with Gasteiger partial charge >= 0.3 is 5.97 Å². The van der Waals surface area contributed by atoms with Crippen molar-refractivity contribution in [2.24, 2.45) is 11.8 Å². The summed E-state index contributed by atoms with van der Waals surface area (Å²) in [5, 5.41) is 13.1. The van der Waals surface area contributed by atoms with Crippen LogP contribution in [0.25, 0.3) is 0 Å². The summed E-state index contributed by atoms with van der Waals surface area (Å²) in [6.45, 7) is -0.00987. The van der Waals surface area contributed by atoms with Gasteiger partial charge in [-0.05, 0) is 36.6 Å². The number of aliphatic hydroxyl groups excluding tert-OH is 1. The van der Waals surface area contributed by atoms with E-state index in [9.17, 15) is 24.3 Å². The molecule has 2 N–H and O–H groups in total. The van der Waals surface area contributed by atoms with Gasteiger partial charge in [-0.3, -0.25) is 19.2 Å². The number of nitrogens with one attached hydrogen (secondary N) is 1. The molecule has 3 amide bonds. The van der Waals surface area contributed by atoms with Crippen molar-refractivity contribution >= 4 is 56.9 Å². The minimum Gasteiger partial charge on any atom is -0.455 e. The number of likely N-dealkylation sites (tertiary alicyclic amines) is 1. The summed E-state index contributed by atoms with van der Waals surface area (Å²) in [6, 6.07) is 14.0. The first-order valence-electron chi connectivity index (χ1n) is 15.9. The monoisotopic (exact) mass is 741 g/mol. The average molecular weight is 743 g/mol. The van der Waals surface area contributed by atoms with E-state index in [4.69, 9.17) is 25.8 Å². The molecule has 6 rings (SSSR count). The van der Waals surface area contributed by atoms with E-state index in [1.54, 1.807) is 60.7 Å². The predicted octanol–water partition coefficient (Wildman–Crippen LogP) is 3.69. The van der Waals surface area contributed by atoms with E-state index >= 15 is 0 Å². The largest absolute Gasteiger partial charge is 0.455 e. The third kappa shape index (κ3) is 6.20. The lowest BCUT2D eigenvalue weighted by molar-refractivity contribution is -0.162. The van der Waals surface area contributed by atoms with Crippen LogP contribution in [0, 0.1) is 11.8 Å². The standard InChI is InChI=1S/C35H37BrClN3O8/c1-46-20-24-29(21-11-4-2-5-12-21)47-34(45)27-28-32(43)40(17-10-18-41)31(35(28)19-22(36)30(27)48-35)33(44)39(25-14-8-7-13-23(25)37)16-9-3-6-15-26(42)38-24/h2-5,7-9,11-14,19,24,27-31,41H,6,10,15-18,20H2,1H3,(H,38,42)/b9-3-/t24-,27+,28-,29-,30+,31+,35-/m1/s1. The molecule has 0 radical (unpaired) electrons.